The maximum atomic E-state index is 12.2. The van der Waals surface area contributed by atoms with E-state index in [2.05, 4.69) is 12.2 Å². The number of ketones is 1. The molecule has 0 aromatic heterocycles. The highest BCUT2D eigenvalue weighted by molar-refractivity contribution is 5.98. The molecule has 15 heavy (non-hydrogen) atoms. The van der Waals surface area contributed by atoms with Crippen molar-refractivity contribution in [3.05, 3.63) is 48.0 Å². The van der Waals surface area contributed by atoms with E-state index in [9.17, 15) is 4.79 Å². The van der Waals surface area contributed by atoms with E-state index >= 15 is 0 Å². The van der Waals surface area contributed by atoms with E-state index in [1.54, 1.807) is 0 Å². The molecule has 1 saturated carbocycles. The maximum Gasteiger partial charge on any atom is 0.166 e. The number of carbonyl (C=O) groups excluding carboxylic acids is 1. The Balaban J connectivity index is 1.85. The number of allylic oxidation sites excluding steroid dienone is 2. The van der Waals surface area contributed by atoms with Crippen molar-refractivity contribution < 1.29 is 4.79 Å². The third-order valence-corrected chi connectivity index (χ3v) is 3.67. The van der Waals surface area contributed by atoms with E-state index in [-0.39, 0.29) is 5.92 Å². The fraction of sp³-hybridized carbons (Fsp3) is 0.357. The lowest BCUT2D eigenvalue weighted by molar-refractivity contribution is 0.0901. The van der Waals surface area contributed by atoms with E-state index in [1.807, 2.05) is 30.3 Å². The summed E-state index contributed by atoms with van der Waals surface area (Å²) in [4.78, 5) is 12.2. The standard InChI is InChI=1S/C14H14O/c15-14(11-4-2-1-3-5-11)13-9-10-6-7-12(13)8-10/h1-7,10,12-13H,8-9H2/t10-,12-,13-/m0/s1. The summed E-state index contributed by atoms with van der Waals surface area (Å²) >= 11 is 0. The number of hydrogen-bond acceptors (Lipinski definition) is 1. The molecule has 0 saturated heterocycles. The van der Waals surface area contributed by atoms with Gasteiger partial charge in [0.15, 0.2) is 5.78 Å². The van der Waals surface area contributed by atoms with Crippen LogP contribution in [0.1, 0.15) is 23.2 Å². The summed E-state index contributed by atoms with van der Waals surface area (Å²) < 4.78 is 0. The normalized spacial score (nSPS) is 32.1. The van der Waals surface area contributed by atoms with Gasteiger partial charge in [-0.2, -0.15) is 0 Å². The highest BCUT2D eigenvalue weighted by atomic mass is 16.1. The Hall–Kier alpha value is -1.37. The number of benzene rings is 1. The van der Waals surface area contributed by atoms with Gasteiger partial charge in [0.05, 0.1) is 0 Å². The molecule has 3 rings (SSSR count). The van der Waals surface area contributed by atoms with Crippen LogP contribution in [0, 0.1) is 17.8 Å². The molecule has 1 nitrogen and oxygen atoms in total. The van der Waals surface area contributed by atoms with Crippen LogP contribution in [0.2, 0.25) is 0 Å². The predicted octanol–water partition coefficient (Wildman–Crippen LogP) is 3.08. The average Bonchev–Trinajstić information content (AvgIpc) is 2.91. The van der Waals surface area contributed by atoms with Gasteiger partial charge in [-0.3, -0.25) is 4.79 Å². The van der Waals surface area contributed by atoms with E-state index in [0.717, 1.165) is 12.0 Å². The SMILES string of the molecule is O=C(c1ccccc1)[C@H]1C[C@H]2C=C[C@H]1C2. The summed E-state index contributed by atoms with van der Waals surface area (Å²) in [6.45, 7) is 0. The first-order valence-corrected chi connectivity index (χ1v) is 5.62. The van der Waals surface area contributed by atoms with Gasteiger partial charge in [-0.05, 0) is 24.7 Å². The van der Waals surface area contributed by atoms with Crippen LogP contribution in [0.5, 0.6) is 0 Å². The van der Waals surface area contributed by atoms with Crippen molar-refractivity contribution in [1.29, 1.82) is 0 Å². The topological polar surface area (TPSA) is 17.1 Å². The fourth-order valence-electron chi connectivity index (χ4n) is 2.90. The van der Waals surface area contributed by atoms with E-state index < -0.39 is 0 Å². The van der Waals surface area contributed by atoms with Gasteiger partial charge in [0, 0.05) is 11.5 Å². The van der Waals surface area contributed by atoms with Crippen molar-refractivity contribution in [2.75, 3.05) is 0 Å². The van der Waals surface area contributed by atoms with Crippen LogP contribution < -0.4 is 0 Å². The van der Waals surface area contributed by atoms with Crippen LogP contribution in [-0.4, -0.2) is 5.78 Å². The summed E-state index contributed by atoms with van der Waals surface area (Å²) in [6, 6.07) is 9.69. The lowest BCUT2D eigenvalue weighted by Gasteiger charge is -2.16. The molecule has 1 aromatic rings. The number of fused-ring (bicyclic) bond motifs is 2. The van der Waals surface area contributed by atoms with Gasteiger partial charge in [0.25, 0.3) is 0 Å². The molecule has 0 heterocycles. The lowest BCUT2D eigenvalue weighted by atomic mass is 9.86. The first-order valence-electron chi connectivity index (χ1n) is 5.62. The zero-order valence-electron chi connectivity index (χ0n) is 8.60. The highest BCUT2D eigenvalue weighted by Crippen LogP contribution is 2.44. The van der Waals surface area contributed by atoms with Crippen molar-refractivity contribution >= 4 is 5.78 Å². The molecule has 2 aliphatic rings. The second kappa shape index (κ2) is 3.34. The zero-order chi connectivity index (χ0) is 10.3. The molecular weight excluding hydrogens is 184 g/mol. The molecule has 2 bridgehead atoms. The Morgan fingerprint density at radius 1 is 1.07 bits per heavy atom. The van der Waals surface area contributed by atoms with E-state index in [0.29, 0.717) is 17.6 Å². The Bertz CT molecular complexity index is 405. The first kappa shape index (κ1) is 8.90. The molecule has 1 aromatic carbocycles. The minimum atomic E-state index is 0.252. The van der Waals surface area contributed by atoms with Crippen LogP contribution in [-0.2, 0) is 0 Å². The monoisotopic (exact) mass is 198 g/mol. The molecule has 0 unspecified atom stereocenters. The van der Waals surface area contributed by atoms with Crippen LogP contribution in [0.3, 0.4) is 0 Å². The summed E-state index contributed by atoms with van der Waals surface area (Å²) in [7, 11) is 0. The molecule has 76 valence electrons. The number of hydrogen-bond donors (Lipinski definition) is 0. The molecule has 0 aliphatic heterocycles. The quantitative estimate of drug-likeness (QED) is 0.527. The highest BCUT2D eigenvalue weighted by Gasteiger charge is 2.39. The molecule has 1 fully saturated rings. The summed E-state index contributed by atoms with van der Waals surface area (Å²) in [6.07, 6.45) is 6.78. The minimum absolute atomic E-state index is 0.252. The smallest absolute Gasteiger partial charge is 0.166 e. The average molecular weight is 198 g/mol. The summed E-state index contributed by atoms with van der Waals surface area (Å²) in [5.74, 6) is 1.78. The van der Waals surface area contributed by atoms with Gasteiger partial charge in [0.2, 0.25) is 0 Å². The van der Waals surface area contributed by atoms with E-state index in [4.69, 9.17) is 0 Å². The molecule has 3 atom stereocenters. The molecule has 0 spiro atoms. The maximum absolute atomic E-state index is 12.2. The van der Waals surface area contributed by atoms with Gasteiger partial charge in [-0.15, -0.1) is 0 Å². The molecule has 2 aliphatic carbocycles. The van der Waals surface area contributed by atoms with Crippen molar-refractivity contribution in [2.45, 2.75) is 12.8 Å². The zero-order valence-corrected chi connectivity index (χ0v) is 8.60. The van der Waals surface area contributed by atoms with Crippen molar-refractivity contribution in [3.63, 3.8) is 0 Å². The third-order valence-electron chi connectivity index (χ3n) is 3.67. The fourth-order valence-corrected chi connectivity index (χ4v) is 2.90. The van der Waals surface area contributed by atoms with Crippen molar-refractivity contribution in [3.8, 4) is 0 Å². The Labute approximate surface area is 89.8 Å². The van der Waals surface area contributed by atoms with Crippen LogP contribution >= 0.6 is 0 Å². The van der Waals surface area contributed by atoms with Gasteiger partial charge >= 0.3 is 0 Å². The van der Waals surface area contributed by atoms with Crippen molar-refractivity contribution in [2.24, 2.45) is 17.8 Å². The Kier molecular flexibility index (Phi) is 1.98. The van der Waals surface area contributed by atoms with E-state index in [1.165, 1.54) is 6.42 Å². The molecule has 0 amide bonds. The summed E-state index contributed by atoms with van der Waals surface area (Å²) in [5.41, 5.74) is 0.878. The van der Waals surface area contributed by atoms with Crippen LogP contribution in [0.25, 0.3) is 0 Å². The van der Waals surface area contributed by atoms with Gasteiger partial charge in [-0.1, -0.05) is 42.5 Å². The second-order valence-electron chi connectivity index (χ2n) is 4.62. The Morgan fingerprint density at radius 2 is 1.87 bits per heavy atom. The second-order valence-corrected chi connectivity index (χ2v) is 4.62. The first-order chi connectivity index (χ1) is 7.34. The molecular formula is C14H14O. The minimum Gasteiger partial charge on any atom is -0.294 e. The van der Waals surface area contributed by atoms with Gasteiger partial charge < -0.3 is 0 Å². The predicted molar refractivity (Wildman–Crippen MR) is 59.6 cm³/mol. The number of Topliss-reactive ketones (excluding diaryl/α,β-unsaturated/α-hetero) is 1. The molecule has 0 N–H and O–H groups in total. The number of rotatable bonds is 2. The van der Waals surface area contributed by atoms with Gasteiger partial charge in [0.1, 0.15) is 0 Å². The van der Waals surface area contributed by atoms with Gasteiger partial charge in [-0.25, -0.2) is 0 Å². The van der Waals surface area contributed by atoms with Crippen LogP contribution in [0.15, 0.2) is 42.5 Å². The van der Waals surface area contributed by atoms with Crippen LogP contribution in [0.4, 0.5) is 0 Å². The largest absolute Gasteiger partial charge is 0.294 e. The Morgan fingerprint density at radius 3 is 2.47 bits per heavy atom. The third kappa shape index (κ3) is 1.43. The lowest BCUT2D eigenvalue weighted by Crippen LogP contribution is -2.18. The summed E-state index contributed by atoms with van der Waals surface area (Å²) in [5, 5.41) is 0. The number of carbonyl (C=O) groups is 1. The van der Waals surface area contributed by atoms with Crippen molar-refractivity contribution in [1.82, 2.24) is 0 Å². The molecule has 0 radical (unpaired) electrons. The molecule has 1 heteroatoms.